The highest BCUT2D eigenvalue weighted by atomic mass is 79.9. The molecule has 1 atom stereocenters. The number of likely N-dealkylation sites (tertiary alicyclic amines) is 2. The molecule has 1 aromatic heterocycles. The second-order valence-electron chi connectivity index (χ2n) is 13.4. The van der Waals surface area contributed by atoms with Crippen molar-refractivity contribution in [3.63, 3.8) is 0 Å². The zero-order chi connectivity index (χ0) is 35.6. The summed E-state index contributed by atoms with van der Waals surface area (Å²) in [5.74, 6) is 0.135. The minimum absolute atomic E-state index is 0.0685. The summed E-state index contributed by atoms with van der Waals surface area (Å²) in [5, 5.41) is 7.36. The predicted octanol–water partition coefficient (Wildman–Crippen LogP) is 3.80. The van der Waals surface area contributed by atoms with Crippen LogP contribution in [0, 0.1) is 0 Å². The van der Waals surface area contributed by atoms with Crippen LogP contribution in [0.1, 0.15) is 42.9 Å². The Morgan fingerprint density at radius 3 is 2.22 bits per heavy atom. The van der Waals surface area contributed by atoms with E-state index in [1.165, 1.54) is 10.7 Å². The average molecular weight is 763 g/mol. The summed E-state index contributed by atoms with van der Waals surface area (Å²) in [5.41, 5.74) is 4.98. The number of amides is 3. The van der Waals surface area contributed by atoms with Crippen molar-refractivity contribution in [1.82, 2.24) is 39.7 Å². The Kier molecular flexibility index (Phi) is 10.9. The Bertz CT molecular complexity index is 1710. The highest BCUT2D eigenvalue weighted by molar-refractivity contribution is 9.10. The van der Waals surface area contributed by atoms with Gasteiger partial charge in [-0.05, 0) is 66.4 Å². The number of nitrogens with one attached hydrogen (secondary N) is 2. The van der Waals surface area contributed by atoms with E-state index in [2.05, 4.69) is 48.2 Å². The van der Waals surface area contributed by atoms with Gasteiger partial charge in [0.25, 0.3) is 0 Å². The van der Waals surface area contributed by atoms with Crippen LogP contribution < -0.4 is 16.7 Å². The molecule has 0 spiro atoms. The zero-order valence-corrected chi connectivity index (χ0v) is 29.5. The summed E-state index contributed by atoms with van der Waals surface area (Å²) in [6.07, 6.45) is -2.34. The number of benzene rings is 2. The summed E-state index contributed by atoms with van der Waals surface area (Å²) in [4.78, 5) is 51.3. The number of carbonyl (C=O) groups is 2. The summed E-state index contributed by atoms with van der Waals surface area (Å²) in [6, 6.07) is 10.3. The largest absolute Gasteiger partial charge is 0.418 e. The first-order valence-electron chi connectivity index (χ1n) is 17.0. The second kappa shape index (κ2) is 15.2. The molecule has 3 saturated heterocycles. The van der Waals surface area contributed by atoms with E-state index in [9.17, 15) is 27.6 Å². The molecule has 0 saturated carbocycles. The maximum Gasteiger partial charge on any atom is 0.418 e. The molecule has 4 heterocycles. The number of halogens is 4. The molecule has 0 unspecified atom stereocenters. The molecule has 270 valence electrons. The lowest BCUT2D eigenvalue weighted by Gasteiger charge is -2.42. The van der Waals surface area contributed by atoms with Crippen molar-refractivity contribution in [3.8, 4) is 11.4 Å². The smallest absolute Gasteiger partial charge is 0.397 e. The lowest BCUT2D eigenvalue weighted by Crippen LogP contribution is -2.57. The first-order valence-corrected chi connectivity index (χ1v) is 17.8. The number of nitrogens with zero attached hydrogens (tertiary/aromatic N) is 6. The quantitative estimate of drug-likeness (QED) is 0.312. The van der Waals surface area contributed by atoms with Gasteiger partial charge >= 0.3 is 17.9 Å². The first-order chi connectivity index (χ1) is 23.9. The Hall–Kier alpha value is -3.89. The second-order valence-corrected chi connectivity index (χ2v) is 14.3. The van der Waals surface area contributed by atoms with Crippen LogP contribution in [0.15, 0.2) is 51.7 Å². The van der Waals surface area contributed by atoms with Crippen LogP contribution in [0.3, 0.4) is 0 Å². The number of aromatic nitrogens is 3. The number of alkyl halides is 3. The van der Waals surface area contributed by atoms with Crippen molar-refractivity contribution < 1.29 is 22.8 Å². The van der Waals surface area contributed by atoms with E-state index >= 15 is 0 Å². The normalized spacial score (nSPS) is 19.5. The van der Waals surface area contributed by atoms with Gasteiger partial charge in [0, 0.05) is 74.9 Å². The molecule has 2 aromatic carbocycles. The topological polar surface area (TPSA) is 136 Å². The van der Waals surface area contributed by atoms with Crippen molar-refractivity contribution in [1.29, 1.82) is 0 Å². The molecule has 3 aliphatic rings. The van der Waals surface area contributed by atoms with Crippen LogP contribution in [0.25, 0.3) is 11.4 Å². The molecule has 16 heteroatoms. The summed E-state index contributed by atoms with van der Waals surface area (Å²) >= 11 is 3.14. The number of anilines is 1. The van der Waals surface area contributed by atoms with Gasteiger partial charge in [-0.15, -0.1) is 5.10 Å². The molecule has 0 radical (unpaired) electrons. The molecule has 12 nitrogen and oxygen atoms in total. The third kappa shape index (κ3) is 8.18. The van der Waals surface area contributed by atoms with Crippen molar-refractivity contribution >= 4 is 33.6 Å². The minimum Gasteiger partial charge on any atom is -0.397 e. The standard InChI is InChI=1S/C34H43BrF3N9O3/c1-43-15-17-44(18-16-43)24-7-11-45(12-8-24)31(48)28(21-22-19-26(34(36,37)38)29(39)27(35)20-22)40-32(49)46-13-9-25(10-14-46)47-33(50)41-30(42-47)23-5-3-2-4-6-23/h2-6,19-20,24-25,28H,7-18,21,39H2,1H3,(H,40,49)(H,41,42,50)/t28-/m1/s1. The molecule has 3 amide bonds. The SMILES string of the molecule is CN1CCN(C2CCN(C(=O)[C@@H](Cc3cc(Br)c(N)c(C(F)(F)F)c3)NC(=O)N3CCC(n4nc(-c5ccccc5)[nH]c4=O)CC3)CC2)CC1. The van der Waals surface area contributed by atoms with Crippen molar-refractivity contribution in [2.75, 3.05) is 65.1 Å². The number of urea groups is 1. The molecule has 3 fully saturated rings. The van der Waals surface area contributed by atoms with Gasteiger partial charge in [-0.25, -0.2) is 14.3 Å². The lowest BCUT2D eigenvalue weighted by atomic mass is 9.98. The maximum atomic E-state index is 14.0. The number of H-pyrrole nitrogens is 1. The van der Waals surface area contributed by atoms with E-state index in [1.54, 1.807) is 9.80 Å². The lowest BCUT2D eigenvalue weighted by molar-refractivity contribution is -0.137. The Morgan fingerprint density at radius 1 is 0.960 bits per heavy atom. The van der Waals surface area contributed by atoms with Crippen LogP contribution in [0.2, 0.25) is 0 Å². The predicted molar refractivity (Wildman–Crippen MR) is 186 cm³/mol. The number of nitrogen functional groups attached to an aromatic ring is 1. The number of aromatic amines is 1. The van der Waals surface area contributed by atoms with E-state index < -0.39 is 29.5 Å². The van der Waals surface area contributed by atoms with Gasteiger partial charge in [0.2, 0.25) is 5.91 Å². The fraction of sp³-hybridized carbons (Fsp3) is 0.529. The van der Waals surface area contributed by atoms with Crippen molar-refractivity contribution in [3.05, 3.63) is 68.5 Å². The van der Waals surface area contributed by atoms with E-state index in [-0.39, 0.29) is 34.1 Å². The monoisotopic (exact) mass is 761 g/mol. The summed E-state index contributed by atoms with van der Waals surface area (Å²) in [6.45, 7) is 5.54. The number of hydrogen-bond acceptors (Lipinski definition) is 7. The van der Waals surface area contributed by atoms with Crippen LogP contribution in [-0.4, -0.2) is 118 Å². The first kappa shape index (κ1) is 35.9. The number of likely N-dealkylation sites (N-methyl/N-ethyl adjacent to an activating group) is 1. The minimum atomic E-state index is -4.70. The maximum absolute atomic E-state index is 14.0. The number of carbonyl (C=O) groups excluding carboxylic acids is 2. The molecule has 0 aliphatic carbocycles. The highest BCUT2D eigenvalue weighted by Crippen LogP contribution is 2.38. The van der Waals surface area contributed by atoms with E-state index in [0.29, 0.717) is 50.9 Å². The molecule has 6 rings (SSSR count). The summed E-state index contributed by atoms with van der Waals surface area (Å²) in [7, 11) is 2.11. The highest BCUT2D eigenvalue weighted by Gasteiger charge is 2.37. The van der Waals surface area contributed by atoms with E-state index in [0.717, 1.165) is 50.7 Å². The molecular weight excluding hydrogens is 719 g/mol. The third-order valence-corrected chi connectivity index (χ3v) is 10.8. The average Bonchev–Trinajstić information content (AvgIpc) is 3.50. The van der Waals surface area contributed by atoms with Crippen molar-refractivity contribution in [2.45, 2.75) is 56.4 Å². The number of rotatable bonds is 7. The zero-order valence-electron chi connectivity index (χ0n) is 28.0. The van der Waals surface area contributed by atoms with Gasteiger partial charge in [0.15, 0.2) is 5.82 Å². The van der Waals surface area contributed by atoms with Gasteiger partial charge in [-0.2, -0.15) is 13.2 Å². The third-order valence-electron chi connectivity index (χ3n) is 10.1. The molecule has 3 aromatic rings. The summed E-state index contributed by atoms with van der Waals surface area (Å²) < 4.78 is 43.0. The molecule has 0 bridgehead atoms. The van der Waals surface area contributed by atoms with Crippen LogP contribution in [0.4, 0.5) is 23.7 Å². The Balaban J connectivity index is 1.14. The van der Waals surface area contributed by atoms with Gasteiger partial charge in [0.05, 0.1) is 17.3 Å². The van der Waals surface area contributed by atoms with Crippen LogP contribution in [-0.2, 0) is 17.4 Å². The van der Waals surface area contributed by atoms with E-state index in [1.807, 2.05) is 30.3 Å². The van der Waals surface area contributed by atoms with Crippen LogP contribution >= 0.6 is 15.9 Å². The molecule has 4 N–H and O–H groups in total. The molecular formula is C34H43BrF3N9O3. The molecule has 50 heavy (non-hydrogen) atoms. The van der Waals surface area contributed by atoms with Gasteiger partial charge in [-0.1, -0.05) is 30.3 Å². The number of piperazine rings is 1. The fourth-order valence-corrected chi connectivity index (χ4v) is 7.69. The van der Waals surface area contributed by atoms with E-state index in [4.69, 9.17) is 5.73 Å². The van der Waals surface area contributed by atoms with Gasteiger partial charge < -0.3 is 25.8 Å². The van der Waals surface area contributed by atoms with Crippen LogP contribution in [0.5, 0.6) is 0 Å². The number of piperidine rings is 2. The number of nitrogens with two attached hydrogens (primary N) is 1. The Labute approximate surface area is 296 Å². The van der Waals surface area contributed by atoms with Gasteiger partial charge in [0.1, 0.15) is 6.04 Å². The molecule has 3 aliphatic heterocycles. The number of hydrogen-bond donors (Lipinski definition) is 3. The Morgan fingerprint density at radius 2 is 1.58 bits per heavy atom. The van der Waals surface area contributed by atoms with Gasteiger partial charge in [-0.3, -0.25) is 14.7 Å². The fourth-order valence-electron chi connectivity index (χ4n) is 7.18. The van der Waals surface area contributed by atoms with Crippen molar-refractivity contribution in [2.24, 2.45) is 0 Å².